The number of carboxylic acids is 1. The van der Waals surface area contributed by atoms with E-state index in [1.807, 2.05) is 0 Å². The molecule has 11 heavy (non-hydrogen) atoms. The molecule has 1 saturated carbocycles. The highest BCUT2D eigenvalue weighted by Gasteiger charge is 2.24. The number of rotatable bonds is 3. The highest BCUT2D eigenvalue weighted by molar-refractivity contribution is 5.66. The molecule has 1 aliphatic carbocycles. The summed E-state index contributed by atoms with van der Waals surface area (Å²) in [5.74, 6) is -0.451. The number of carbonyl (C=O) groups is 1. The third-order valence-corrected chi connectivity index (χ3v) is 2.24. The van der Waals surface area contributed by atoms with Crippen LogP contribution < -0.4 is 0 Å². The van der Waals surface area contributed by atoms with Crippen molar-refractivity contribution in [1.82, 2.24) is 0 Å². The maximum Gasteiger partial charge on any atom is 0.303 e. The van der Waals surface area contributed by atoms with Crippen LogP contribution in [0.5, 0.6) is 0 Å². The van der Waals surface area contributed by atoms with E-state index in [9.17, 15) is 9.18 Å². The number of carboxylic acid groups (broad SMARTS) is 1. The fourth-order valence-corrected chi connectivity index (χ4v) is 1.60. The van der Waals surface area contributed by atoms with E-state index in [0.29, 0.717) is 25.2 Å². The summed E-state index contributed by atoms with van der Waals surface area (Å²) >= 11 is 0. The van der Waals surface area contributed by atoms with Crippen molar-refractivity contribution in [2.75, 3.05) is 0 Å². The lowest BCUT2D eigenvalue weighted by Crippen LogP contribution is -2.01. The summed E-state index contributed by atoms with van der Waals surface area (Å²) in [6.45, 7) is 0. The van der Waals surface area contributed by atoms with Gasteiger partial charge < -0.3 is 5.11 Å². The van der Waals surface area contributed by atoms with Crippen molar-refractivity contribution in [1.29, 1.82) is 0 Å². The first-order chi connectivity index (χ1) is 5.18. The lowest BCUT2D eigenvalue weighted by Gasteiger charge is -2.04. The molecule has 0 amide bonds. The molecular weight excluding hydrogens is 147 g/mol. The van der Waals surface area contributed by atoms with Gasteiger partial charge in [-0.3, -0.25) is 4.79 Å². The van der Waals surface area contributed by atoms with E-state index in [2.05, 4.69) is 0 Å². The van der Waals surface area contributed by atoms with Crippen molar-refractivity contribution in [3.8, 4) is 0 Å². The van der Waals surface area contributed by atoms with E-state index < -0.39 is 12.1 Å². The van der Waals surface area contributed by atoms with Crippen LogP contribution >= 0.6 is 0 Å². The Morgan fingerprint density at radius 1 is 1.55 bits per heavy atom. The van der Waals surface area contributed by atoms with Gasteiger partial charge in [0.05, 0.1) is 0 Å². The quantitative estimate of drug-likeness (QED) is 0.685. The maximum absolute atomic E-state index is 12.6. The zero-order chi connectivity index (χ0) is 8.27. The smallest absolute Gasteiger partial charge is 0.303 e. The van der Waals surface area contributed by atoms with E-state index in [0.717, 1.165) is 6.42 Å². The van der Waals surface area contributed by atoms with E-state index in [1.165, 1.54) is 0 Å². The van der Waals surface area contributed by atoms with Crippen molar-refractivity contribution >= 4 is 5.97 Å². The first-order valence-electron chi connectivity index (χ1n) is 4.04. The molecule has 0 aromatic heterocycles. The molecular formula is C8H13FO2. The van der Waals surface area contributed by atoms with Gasteiger partial charge in [-0.05, 0) is 31.6 Å². The minimum absolute atomic E-state index is 0.192. The van der Waals surface area contributed by atoms with Gasteiger partial charge in [0.1, 0.15) is 6.17 Å². The van der Waals surface area contributed by atoms with Crippen LogP contribution in [0.25, 0.3) is 0 Å². The van der Waals surface area contributed by atoms with Gasteiger partial charge in [0, 0.05) is 6.42 Å². The van der Waals surface area contributed by atoms with Gasteiger partial charge in [-0.2, -0.15) is 0 Å². The first kappa shape index (κ1) is 8.50. The minimum Gasteiger partial charge on any atom is -0.481 e. The minimum atomic E-state index is -0.771. The van der Waals surface area contributed by atoms with Crippen molar-refractivity contribution in [2.45, 2.75) is 38.3 Å². The molecule has 0 saturated heterocycles. The molecule has 0 aliphatic heterocycles. The molecule has 1 N–H and O–H groups in total. The highest BCUT2D eigenvalue weighted by Crippen LogP contribution is 2.30. The summed E-state index contributed by atoms with van der Waals surface area (Å²) in [7, 11) is 0. The normalized spacial score (nSPS) is 30.6. The maximum atomic E-state index is 12.6. The van der Waals surface area contributed by atoms with Crippen LogP contribution in [0.4, 0.5) is 4.39 Å². The van der Waals surface area contributed by atoms with Crippen LogP contribution in [0, 0.1) is 5.92 Å². The van der Waals surface area contributed by atoms with Crippen molar-refractivity contribution in [3.05, 3.63) is 0 Å². The molecule has 1 fully saturated rings. The van der Waals surface area contributed by atoms with E-state index >= 15 is 0 Å². The first-order valence-corrected chi connectivity index (χ1v) is 4.04. The number of aliphatic carboxylic acids is 1. The number of halogens is 1. The van der Waals surface area contributed by atoms with Crippen molar-refractivity contribution < 1.29 is 14.3 Å². The van der Waals surface area contributed by atoms with Gasteiger partial charge in [0.2, 0.25) is 0 Å². The Kier molecular flexibility index (Phi) is 2.85. The Bertz CT molecular complexity index is 147. The second-order valence-corrected chi connectivity index (χ2v) is 3.21. The molecule has 0 spiro atoms. The summed E-state index contributed by atoms with van der Waals surface area (Å²) in [5, 5.41) is 8.35. The number of alkyl halides is 1. The Hall–Kier alpha value is -0.600. The fraction of sp³-hybridized carbons (Fsp3) is 0.875. The Balaban J connectivity index is 2.13. The monoisotopic (exact) mass is 160 g/mol. The zero-order valence-electron chi connectivity index (χ0n) is 6.42. The molecule has 2 unspecified atom stereocenters. The molecule has 3 heteroatoms. The van der Waals surface area contributed by atoms with Crippen LogP contribution in [0.1, 0.15) is 32.1 Å². The van der Waals surface area contributed by atoms with E-state index in [1.54, 1.807) is 0 Å². The molecule has 2 atom stereocenters. The lowest BCUT2D eigenvalue weighted by atomic mass is 10.0. The van der Waals surface area contributed by atoms with Gasteiger partial charge in [0.25, 0.3) is 0 Å². The van der Waals surface area contributed by atoms with E-state index in [4.69, 9.17) is 5.11 Å². The molecule has 0 bridgehead atoms. The molecule has 2 nitrogen and oxygen atoms in total. The number of hydrogen-bond acceptors (Lipinski definition) is 1. The molecule has 0 radical (unpaired) electrons. The SMILES string of the molecule is O=C(O)CCC1CCC(F)C1. The Morgan fingerprint density at radius 2 is 2.27 bits per heavy atom. The summed E-state index contributed by atoms with van der Waals surface area (Å²) in [6, 6.07) is 0. The molecule has 0 aromatic carbocycles. The van der Waals surface area contributed by atoms with Crippen molar-refractivity contribution in [2.24, 2.45) is 5.92 Å². The molecule has 64 valence electrons. The average molecular weight is 160 g/mol. The van der Waals surface area contributed by atoms with Crippen LogP contribution in [-0.4, -0.2) is 17.2 Å². The molecule has 0 heterocycles. The van der Waals surface area contributed by atoms with Gasteiger partial charge in [-0.25, -0.2) is 4.39 Å². The molecule has 1 aliphatic rings. The van der Waals surface area contributed by atoms with Gasteiger partial charge in [-0.1, -0.05) is 0 Å². The Labute approximate surface area is 65.4 Å². The standard InChI is InChI=1S/C8H13FO2/c9-7-3-1-6(5-7)2-4-8(10)11/h6-7H,1-5H2,(H,10,11). The summed E-state index contributed by atoms with van der Waals surface area (Å²) in [5.41, 5.74) is 0. The van der Waals surface area contributed by atoms with Gasteiger partial charge >= 0.3 is 5.97 Å². The second kappa shape index (κ2) is 3.69. The number of hydrogen-bond donors (Lipinski definition) is 1. The third kappa shape index (κ3) is 2.87. The summed E-state index contributed by atoms with van der Waals surface area (Å²) < 4.78 is 12.6. The topological polar surface area (TPSA) is 37.3 Å². The predicted molar refractivity (Wildman–Crippen MR) is 39.1 cm³/mol. The third-order valence-electron chi connectivity index (χ3n) is 2.24. The van der Waals surface area contributed by atoms with Gasteiger partial charge in [0.15, 0.2) is 0 Å². The fourth-order valence-electron chi connectivity index (χ4n) is 1.60. The van der Waals surface area contributed by atoms with Crippen LogP contribution in [-0.2, 0) is 4.79 Å². The summed E-state index contributed by atoms with van der Waals surface area (Å²) in [4.78, 5) is 10.1. The highest BCUT2D eigenvalue weighted by atomic mass is 19.1. The molecule has 0 aromatic rings. The average Bonchev–Trinajstić information content (AvgIpc) is 2.31. The zero-order valence-corrected chi connectivity index (χ0v) is 6.42. The van der Waals surface area contributed by atoms with E-state index in [-0.39, 0.29) is 6.42 Å². The second-order valence-electron chi connectivity index (χ2n) is 3.21. The summed E-state index contributed by atoms with van der Waals surface area (Å²) in [6.07, 6.45) is 2.24. The van der Waals surface area contributed by atoms with Crippen LogP contribution in [0.15, 0.2) is 0 Å². The largest absolute Gasteiger partial charge is 0.481 e. The Morgan fingerprint density at radius 3 is 2.73 bits per heavy atom. The van der Waals surface area contributed by atoms with Gasteiger partial charge in [-0.15, -0.1) is 0 Å². The van der Waals surface area contributed by atoms with Crippen LogP contribution in [0.3, 0.4) is 0 Å². The van der Waals surface area contributed by atoms with Crippen molar-refractivity contribution in [3.63, 3.8) is 0 Å². The van der Waals surface area contributed by atoms with Crippen LogP contribution in [0.2, 0.25) is 0 Å². The molecule has 1 rings (SSSR count). The lowest BCUT2D eigenvalue weighted by molar-refractivity contribution is -0.137. The predicted octanol–water partition coefficient (Wildman–Crippen LogP) is 1.99.